The van der Waals surface area contributed by atoms with Gasteiger partial charge in [0.15, 0.2) is 5.96 Å². The molecule has 0 bridgehead atoms. The number of hydrogen-bond acceptors (Lipinski definition) is 3. The van der Waals surface area contributed by atoms with Crippen molar-refractivity contribution in [2.24, 2.45) is 22.7 Å². The van der Waals surface area contributed by atoms with Gasteiger partial charge in [-0.3, -0.25) is 4.99 Å². The van der Waals surface area contributed by atoms with Crippen molar-refractivity contribution in [2.45, 2.75) is 26.7 Å². The number of guanidine groups is 1. The second-order valence-electron chi connectivity index (χ2n) is 5.26. The minimum absolute atomic E-state index is 0.850. The molecule has 1 heterocycles. The van der Waals surface area contributed by atoms with Gasteiger partial charge in [-0.2, -0.15) is 0 Å². The Morgan fingerprint density at radius 2 is 2.33 bits per heavy atom. The molecule has 0 aromatic carbocycles. The van der Waals surface area contributed by atoms with Gasteiger partial charge >= 0.3 is 0 Å². The molecule has 0 aromatic rings. The zero-order chi connectivity index (χ0) is 10.8. The van der Waals surface area contributed by atoms with Crippen LogP contribution in [0, 0.1) is 17.8 Å². The van der Waals surface area contributed by atoms with Crippen molar-refractivity contribution in [3.05, 3.63) is 0 Å². The van der Waals surface area contributed by atoms with Gasteiger partial charge in [0.25, 0.3) is 0 Å². The highest BCUT2D eigenvalue weighted by Gasteiger charge is 2.38. The predicted molar refractivity (Wildman–Crippen MR) is 64.0 cm³/mol. The van der Waals surface area contributed by atoms with E-state index in [1.54, 1.807) is 0 Å². The molecule has 0 amide bonds. The highest BCUT2D eigenvalue weighted by Crippen LogP contribution is 2.43. The average molecular weight is 209 g/mol. The van der Waals surface area contributed by atoms with Crippen molar-refractivity contribution in [1.82, 2.24) is 10.2 Å². The first kappa shape index (κ1) is 10.8. The van der Waals surface area contributed by atoms with E-state index in [-0.39, 0.29) is 0 Å². The van der Waals surface area contributed by atoms with Gasteiger partial charge in [0.05, 0.1) is 0 Å². The van der Waals surface area contributed by atoms with Crippen LogP contribution in [0.4, 0.5) is 0 Å². The molecule has 0 radical (unpaired) electrons. The summed E-state index contributed by atoms with van der Waals surface area (Å²) < 4.78 is 0. The largest absolute Gasteiger partial charge is 0.356 e. The quantitative estimate of drug-likeness (QED) is 0.764. The third-order valence-electron chi connectivity index (χ3n) is 3.63. The van der Waals surface area contributed by atoms with Crippen LogP contribution in [-0.4, -0.2) is 37.5 Å². The van der Waals surface area contributed by atoms with Gasteiger partial charge < -0.3 is 10.2 Å². The molecule has 2 aliphatic rings. The molecule has 0 aromatic heterocycles. The van der Waals surface area contributed by atoms with Gasteiger partial charge in [-0.1, -0.05) is 13.8 Å². The van der Waals surface area contributed by atoms with E-state index in [0.717, 1.165) is 43.3 Å². The average Bonchev–Trinajstić information content (AvgIpc) is 2.96. The summed E-state index contributed by atoms with van der Waals surface area (Å²) in [6, 6.07) is 0. The molecule has 1 fully saturated rings. The lowest BCUT2D eigenvalue weighted by Gasteiger charge is -2.25. The van der Waals surface area contributed by atoms with E-state index in [2.05, 4.69) is 36.1 Å². The van der Waals surface area contributed by atoms with Gasteiger partial charge in [0.2, 0.25) is 0 Å². The standard InChI is InChI=1S/C12H23N3/c1-9(2)11-7-10(11)8-14-12-13-5-4-6-15(12)3/h9-11H,4-8H2,1-3H3,(H,13,14)/t10-,11-/m0/s1. The second-order valence-corrected chi connectivity index (χ2v) is 5.26. The first-order chi connectivity index (χ1) is 7.18. The fourth-order valence-electron chi connectivity index (χ4n) is 2.45. The van der Waals surface area contributed by atoms with Crippen LogP contribution in [0.25, 0.3) is 0 Å². The molecule has 1 aliphatic carbocycles. The van der Waals surface area contributed by atoms with Crippen LogP contribution in [0.1, 0.15) is 26.7 Å². The summed E-state index contributed by atoms with van der Waals surface area (Å²) in [5, 5.41) is 3.49. The zero-order valence-corrected chi connectivity index (χ0v) is 10.2. The third kappa shape index (κ3) is 2.64. The SMILES string of the molecule is CC(C)[C@@H]1C[C@H]1CNC1=NCCCN1C. The molecule has 1 saturated carbocycles. The van der Waals surface area contributed by atoms with Crippen molar-refractivity contribution < 1.29 is 0 Å². The van der Waals surface area contributed by atoms with E-state index in [9.17, 15) is 0 Å². The number of hydrogen-bond donors (Lipinski definition) is 1. The normalized spacial score (nSPS) is 30.4. The maximum absolute atomic E-state index is 4.51. The van der Waals surface area contributed by atoms with Gasteiger partial charge in [-0.25, -0.2) is 0 Å². The van der Waals surface area contributed by atoms with E-state index < -0.39 is 0 Å². The Balaban J connectivity index is 1.72. The van der Waals surface area contributed by atoms with Crippen molar-refractivity contribution >= 4 is 5.96 Å². The molecule has 0 spiro atoms. The molecule has 1 aliphatic heterocycles. The molecule has 1 N–H and O–H groups in total. The molecule has 3 nitrogen and oxygen atoms in total. The highest BCUT2D eigenvalue weighted by molar-refractivity contribution is 5.80. The number of aliphatic imine (C=N–C) groups is 1. The summed E-state index contributed by atoms with van der Waals surface area (Å²) in [7, 11) is 2.12. The molecule has 3 heteroatoms. The van der Waals surface area contributed by atoms with Crippen LogP contribution in [0.15, 0.2) is 4.99 Å². The van der Waals surface area contributed by atoms with E-state index in [1.165, 1.54) is 12.8 Å². The van der Waals surface area contributed by atoms with E-state index >= 15 is 0 Å². The Bertz CT molecular complexity index is 247. The van der Waals surface area contributed by atoms with Gasteiger partial charge in [0, 0.05) is 26.7 Å². The lowest BCUT2D eigenvalue weighted by molar-refractivity contribution is 0.439. The molecule has 0 unspecified atom stereocenters. The van der Waals surface area contributed by atoms with Crippen molar-refractivity contribution in [3.8, 4) is 0 Å². The Morgan fingerprint density at radius 1 is 1.53 bits per heavy atom. The second kappa shape index (κ2) is 4.42. The smallest absolute Gasteiger partial charge is 0.193 e. The van der Waals surface area contributed by atoms with Crippen molar-refractivity contribution in [2.75, 3.05) is 26.7 Å². The molecule has 2 atom stereocenters. The van der Waals surface area contributed by atoms with Crippen molar-refractivity contribution in [1.29, 1.82) is 0 Å². The molecular formula is C12H23N3. The monoisotopic (exact) mass is 209 g/mol. The predicted octanol–water partition coefficient (Wildman–Crippen LogP) is 1.56. The van der Waals surface area contributed by atoms with E-state index in [1.807, 2.05) is 0 Å². The first-order valence-electron chi connectivity index (χ1n) is 6.18. The fraction of sp³-hybridized carbons (Fsp3) is 0.917. The van der Waals surface area contributed by atoms with E-state index in [0.29, 0.717) is 0 Å². The first-order valence-corrected chi connectivity index (χ1v) is 6.18. The number of nitrogens with zero attached hydrogens (tertiary/aromatic N) is 2. The molecule has 2 rings (SSSR count). The minimum Gasteiger partial charge on any atom is -0.356 e. The van der Waals surface area contributed by atoms with Crippen LogP contribution < -0.4 is 5.32 Å². The van der Waals surface area contributed by atoms with E-state index in [4.69, 9.17) is 0 Å². The zero-order valence-electron chi connectivity index (χ0n) is 10.2. The van der Waals surface area contributed by atoms with Crippen LogP contribution in [0.5, 0.6) is 0 Å². The Hall–Kier alpha value is -0.730. The number of rotatable bonds is 3. The molecular weight excluding hydrogens is 186 g/mol. The van der Waals surface area contributed by atoms with Crippen LogP contribution in [0.2, 0.25) is 0 Å². The topological polar surface area (TPSA) is 27.6 Å². The maximum atomic E-state index is 4.51. The van der Waals surface area contributed by atoms with Gasteiger partial charge in [-0.05, 0) is 30.6 Å². The molecule has 86 valence electrons. The lowest BCUT2D eigenvalue weighted by Crippen LogP contribution is -2.43. The van der Waals surface area contributed by atoms with Crippen LogP contribution in [0.3, 0.4) is 0 Å². The Morgan fingerprint density at radius 3 is 2.93 bits per heavy atom. The maximum Gasteiger partial charge on any atom is 0.193 e. The summed E-state index contributed by atoms with van der Waals surface area (Å²) in [5.41, 5.74) is 0. The Kier molecular flexibility index (Phi) is 3.17. The Labute approximate surface area is 92.9 Å². The summed E-state index contributed by atoms with van der Waals surface area (Å²) in [4.78, 5) is 6.74. The summed E-state index contributed by atoms with van der Waals surface area (Å²) in [5.74, 6) is 3.80. The highest BCUT2D eigenvalue weighted by atomic mass is 15.3. The summed E-state index contributed by atoms with van der Waals surface area (Å²) >= 11 is 0. The van der Waals surface area contributed by atoms with Crippen LogP contribution >= 0.6 is 0 Å². The summed E-state index contributed by atoms with van der Waals surface area (Å²) in [6.45, 7) is 7.91. The third-order valence-corrected chi connectivity index (χ3v) is 3.63. The minimum atomic E-state index is 0.850. The summed E-state index contributed by atoms with van der Waals surface area (Å²) in [6.07, 6.45) is 2.60. The molecule has 15 heavy (non-hydrogen) atoms. The number of nitrogens with one attached hydrogen (secondary N) is 1. The van der Waals surface area contributed by atoms with Gasteiger partial charge in [0.1, 0.15) is 0 Å². The fourth-order valence-corrected chi connectivity index (χ4v) is 2.45. The van der Waals surface area contributed by atoms with Crippen molar-refractivity contribution in [3.63, 3.8) is 0 Å². The van der Waals surface area contributed by atoms with Gasteiger partial charge in [-0.15, -0.1) is 0 Å². The molecule has 0 saturated heterocycles. The van der Waals surface area contributed by atoms with Crippen LogP contribution in [-0.2, 0) is 0 Å². The lowest BCUT2D eigenvalue weighted by atomic mass is 10.1.